The number of rotatable bonds is 4. The van der Waals surface area contributed by atoms with Crippen LogP contribution in [0.2, 0.25) is 0 Å². The summed E-state index contributed by atoms with van der Waals surface area (Å²) in [4.78, 5) is 4.25. The molecule has 1 heterocycles. The molecule has 2 rings (SSSR count). The first kappa shape index (κ1) is 13.5. The number of anilines is 1. The van der Waals surface area contributed by atoms with E-state index in [1.165, 1.54) is 6.07 Å². The molecule has 0 saturated heterocycles. The van der Waals surface area contributed by atoms with Crippen LogP contribution >= 0.6 is 31.9 Å². The molecule has 0 radical (unpaired) electrons. The number of pyridine rings is 1. The highest BCUT2D eigenvalue weighted by Gasteiger charge is 2.02. The van der Waals surface area contributed by atoms with Crippen LogP contribution in [0.15, 0.2) is 45.5 Å². The van der Waals surface area contributed by atoms with Gasteiger partial charge in [-0.15, -0.1) is 0 Å². The molecule has 1 aromatic carbocycles. The van der Waals surface area contributed by atoms with E-state index in [1.807, 2.05) is 12.1 Å². The third-order valence-corrected chi connectivity index (χ3v) is 3.44. The van der Waals surface area contributed by atoms with Gasteiger partial charge in [0.2, 0.25) is 0 Å². The number of nitrogens with one attached hydrogen (secondary N) is 1. The Morgan fingerprint density at radius 3 is 2.78 bits per heavy atom. The summed E-state index contributed by atoms with van der Waals surface area (Å²) in [5, 5.41) is 3.21. The van der Waals surface area contributed by atoms with Crippen molar-refractivity contribution < 1.29 is 4.39 Å². The molecule has 2 nitrogen and oxygen atoms in total. The molecular weight excluding hydrogens is 363 g/mol. The molecule has 0 bridgehead atoms. The van der Waals surface area contributed by atoms with E-state index in [1.54, 1.807) is 18.3 Å². The van der Waals surface area contributed by atoms with Gasteiger partial charge in [0.25, 0.3) is 0 Å². The lowest BCUT2D eigenvalue weighted by Crippen LogP contribution is -2.06. The predicted octanol–water partition coefficient (Wildman–Crippen LogP) is 4.40. The predicted molar refractivity (Wildman–Crippen MR) is 78.2 cm³/mol. The Kier molecular flexibility index (Phi) is 4.72. The van der Waals surface area contributed by atoms with Crippen LogP contribution < -0.4 is 5.32 Å². The number of benzene rings is 1. The second-order valence-electron chi connectivity index (χ2n) is 3.79. The Bertz CT molecular complexity index is 546. The SMILES string of the molecule is Fc1cccc(CCNc2ncc(Br)cc2Br)c1. The maximum atomic E-state index is 13.0. The summed E-state index contributed by atoms with van der Waals surface area (Å²) in [7, 11) is 0. The highest BCUT2D eigenvalue weighted by molar-refractivity contribution is 9.11. The van der Waals surface area contributed by atoms with E-state index >= 15 is 0 Å². The van der Waals surface area contributed by atoms with Gasteiger partial charge in [0.15, 0.2) is 0 Å². The van der Waals surface area contributed by atoms with Gasteiger partial charge in [0.1, 0.15) is 11.6 Å². The number of hydrogen-bond donors (Lipinski definition) is 1. The summed E-state index contributed by atoms with van der Waals surface area (Å²) in [6.45, 7) is 0.705. The van der Waals surface area contributed by atoms with Crippen molar-refractivity contribution in [3.63, 3.8) is 0 Å². The number of nitrogens with zero attached hydrogens (tertiary/aromatic N) is 1. The van der Waals surface area contributed by atoms with E-state index in [-0.39, 0.29) is 5.82 Å². The summed E-state index contributed by atoms with van der Waals surface area (Å²) < 4.78 is 14.8. The standard InChI is InChI=1S/C13H11Br2FN2/c14-10-7-12(15)13(18-8-10)17-5-4-9-2-1-3-11(16)6-9/h1-3,6-8H,4-5H2,(H,17,18). The Morgan fingerprint density at radius 2 is 2.06 bits per heavy atom. The van der Waals surface area contributed by atoms with E-state index < -0.39 is 0 Å². The Balaban J connectivity index is 1.92. The van der Waals surface area contributed by atoms with Crippen LogP contribution in [0.4, 0.5) is 10.2 Å². The molecule has 0 aliphatic rings. The minimum atomic E-state index is -0.199. The smallest absolute Gasteiger partial charge is 0.140 e. The molecule has 94 valence electrons. The van der Waals surface area contributed by atoms with Crippen molar-refractivity contribution in [3.05, 3.63) is 56.9 Å². The molecule has 2 aromatic rings. The van der Waals surface area contributed by atoms with Gasteiger partial charge in [-0.05, 0) is 62.0 Å². The maximum Gasteiger partial charge on any atom is 0.140 e. The first-order valence-electron chi connectivity index (χ1n) is 5.44. The van der Waals surface area contributed by atoms with Gasteiger partial charge in [-0.2, -0.15) is 0 Å². The van der Waals surface area contributed by atoms with E-state index in [2.05, 4.69) is 42.2 Å². The van der Waals surface area contributed by atoms with Gasteiger partial charge in [-0.25, -0.2) is 9.37 Å². The summed E-state index contributed by atoms with van der Waals surface area (Å²) in [6, 6.07) is 8.56. The third kappa shape index (κ3) is 3.78. The highest BCUT2D eigenvalue weighted by atomic mass is 79.9. The molecule has 1 N–H and O–H groups in total. The summed E-state index contributed by atoms with van der Waals surface area (Å²) >= 11 is 6.78. The molecule has 0 fully saturated rings. The lowest BCUT2D eigenvalue weighted by Gasteiger charge is -2.07. The highest BCUT2D eigenvalue weighted by Crippen LogP contribution is 2.23. The fraction of sp³-hybridized carbons (Fsp3) is 0.154. The summed E-state index contributed by atoms with van der Waals surface area (Å²) in [6.07, 6.45) is 2.48. The fourth-order valence-electron chi connectivity index (χ4n) is 1.56. The van der Waals surface area contributed by atoms with Crippen molar-refractivity contribution in [1.82, 2.24) is 4.98 Å². The number of aromatic nitrogens is 1. The van der Waals surface area contributed by atoms with Gasteiger partial charge < -0.3 is 5.32 Å². The zero-order chi connectivity index (χ0) is 13.0. The van der Waals surface area contributed by atoms with Gasteiger partial charge in [-0.1, -0.05) is 12.1 Å². The quantitative estimate of drug-likeness (QED) is 0.859. The lowest BCUT2D eigenvalue weighted by atomic mass is 10.1. The van der Waals surface area contributed by atoms with Crippen molar-refractivity contribution in [3.8, 4) is 0 Å². The first-order chi connectivity index (χ1) is 8.65. The van der Waals surface area contributed by atoms with Crippen molar-refractivity contribution >= 4 is 37.7 Å². The van der Waals surface area contributed by atoms with Crippen molar-refractivity contribution in [2.45, 2.75) is 6.42 Å². The number of halogens is 3. The van der Waals surface area contributed by atoms with Crippen LogP contribution in [0.5, 0.6) is 0 Å². The van der Waals surface area contributed by atoms with E-state index in [9.17, 15) is 4.39 Å². The topological polar surface area (TPSA) is 24.9 Å². The van der Waals surface area contributed by atoms with Gasteiger partial charge in [-0.3, -0.25) is 0 Å². The summed E-state index contributed by atoms with van der Waals surface area (Å²) in [5.74, 6) is 0.588. The average Bonchev–Trinajstić information content (AvgIpc) is 2.32. The zero-order valence-corrected chi connectivity index (χ0v) is 12.6. The molecule has 0 atom stereocenters. The molecule has 0 aliphatic carbocycles. The van der Waals surface area contributed by atoms with E-state index in [0.29, 0.717) is 6.54 Å². The van der Waals surface area contributed by atoms with Gasteiger partial charge in [0, 0.05) is 17.2 Å². The maximum absolute atomic E-state index is 13.0. The molecule has 0 aliphatic heterocycles. The second-order valence-corrected chi connectivity index (χ2v) is 5.56. The van der Waals surface area contributed by atoms with Crippen molar-refractivity contribution in [1.29, 1.82) is 0 Å². The Morgan fingerprint density at radius 1 is 1.22 bits per heavy atom. The third-order valence-electron chi connectivity index (χ3n) is 2.40. The second kappa shape index (κ2) is 6.29. The van der Waals surface area contributed by atoms with Gasteiger partial charge in [0.05, 0.1) is 4.47 Å². The van der Waals surface area contributed by atoms with Crippen LogP contribution in [0.25, 0.3) is 0 Å². The molecular formula is C13H11Br2FN2. The fourth-order valence-corrected chi connectivity index (χ4v) is 2.69. The monoisotopic (exact) mass is 372 g/mol. The van der Waals surface area contributed by atoms with E-state index in [4.69, 9.17) is 0 Å². The molecule has 0 unspecified atom stereocenters. The Labute approximate surface area is 122 Å². The molecule has 1 aromatic heterocycles. The van der Waals surface area contributed by atoms with Crippen LogP contribution in [0.1, 0.15) is 5.56 Å². The molecule has 0 amide bonds. The molecule has 5 heteroatoms. The number of hydrogen-bond acceptors (Lipinski definition) is 2. The minimum Gasteiger partial charge on any atom is -0.369 e. The molecule has 0 saturated carbocycles. The van der Waals surface area contributed by atoms with E-state index in [0.717, 1.165) is 26.7 Å². The molecule has 18 heavy (non-hydrogen) atoms. The van der Waals surface area contributed by atoms with Crippen molar-refractivity contribution in [2.75, 3.05) is 11.9 Å². The van der Waals surface area contributed by atoms with Crippen LogP contribution in [-0.2, 0) is 6.42 Å². The van der Waals surface area contributed by atoms with Crippen LogP contribution in [0, 0.1) is 5.82 Å². The van der Waals surface area contributed by atoms with Gasteiger partial charge >= 0.3 is 0 Å². The van der Waals surface area contributed by atoms with Crippen LogP contribution in [0.3, 0.4) is 0 Å². The molecule has 0 spiro atoms. The van der Waals surface area contributed by atoms with Crippen LogP contribution in [-0.4, -0.2) is 11.5 Å². The lowest BCUT2D eigenvalue weighted by molar-refractivity contribution is 0.625. The Hall–Kier alpha value is -0.940. The minimum absolute atomic E-state index is 0.199. The largest absolute Gasteiger partial charge is 0.369 e. The first-order valence-corrected chi connectivity index (χ1v) is 7.03. The zero-order valence-electron chi connectivity index (χ0n) is 9.46. The van der Waals surface area contributed by atoms with Crippen molar-refractivity contribution in [2.24, 2.45) is 0 Å². The summed E-state index contributed by atoms with van der Waals surface area (Å²) in [5.41, 5.74) is 0.968. The average molecular weight is 374 g/mol. The normalized spacial score (nSPS) is 10.4.